The second-order valence-electron chi connectivity index (χ2n) is 26.1. The lowest BCUT2D eigenvalue weighted by Gasteiger charge is -2.29. The van der Waals surface area contributed by atoms with Crippen LogP contribution >= 0.6 is 21.6 Å². The number of carbonyl (C=O) groups is 15. The minimum Gasteiger partial charge on any atom is -0.394 e. The fourth-order valence-electron chi connectivity index (χ4n) is 11.0. The molecule has 1 aliphatic heterocycles. The number of amides is 15. The predicted molar refractivity (Wildman–Crippen MR) is 402 cm³/mol. The molecule has 0 aliphatic carbocycles. The van der Waals surface area contributed by atoms with Crippen molar-refractivity contribution < 1.29 is 87.2 Å². The van der Waals surface area contributed by atoms with Gasteiger partial charge in [0.25, 0.3) is 0 Å². The number of aliphatic hydroxyl groups excluding tert-OH is 3. The summed E-state index contributed by atoms with van der Waals surface area (Å²) < 4.78 is 0. The predicted octanol–water partition coefficient (Wildman–Crippen LogP) is -6.74. The molecule has 1 saturated heterocycles. The summed E-state index contributed by atoms with van der Waals surface area (Å²) in [6.45, 7) is 3.12. The molecular formula is C70H101N19O18S2. The van der Waals surface area contributed by atoms with E-state index in [2.05, 4.69) is 74.1 Å². The Morgan fingerprint density at radius 1 is 0.505 bits per heavy atom. The third-order valence-electron chi connectivity index (χ3n) is 17.2. The maximum Gasteiger partial charge on any atom is 0.245 e. The smallest absolute Gasteiger partial charge is 0.245 e. The molecule has 4 aromatic rings. The highest BCUT2D eigenvalue weighted by atomic mass is 33.1. The number of aromatic nitrogens is 1. The number of rotatable bonds is 24. The molecule has 1 fully saturated rings. The van der Waals surface area contributed by atoms with E-state index < -0.39 is 210 Å². The zero-order valence-electron chi connectivity index (χ0n) is 60.8. The normalized spacial score (nSPS) is 24.4. The molecule has 0 spiro atoms. The Labute approximate surface area is 636 Å². The Balaban J connectivity index is 1.64. The van der Waals surface area contributed by atoms with Crippen molar-refractivity contribution in [3.8, 4) is 0 Å². The molecule has 2 heterocycles. The Morgan fingerprint density at radius 3 is 1.44 bits per heavy atom. The standard InChI is InChI=1S/C70H101N19O18S2/c1-36(73)59(96)77-32-55(94)79-53-35-109-108-34-52(58(75)95)87-67(104)51(33-90)86-70(107)57(39(4)92)88-60(97)37(2)78-69(106)56(38(3)91)89-62(99)46(24-14-16-26-72)80-65(102)49(29-42-31-76-44-22-12-11-21-43(42)44)84-64(101)48(28-41-19-9-6-10-20-41)82-63(100)47(27-40-17-7-5-8-18-40)83-66(103)50(30-54(74)93)85-61(98)45(81-68(53)105)23-13-15-25-71/h5-12,17-22,31,36-39,45-53,56-57,76,90-92H,13-16,23-30,32-35,71-73H2,1-4H3,(H2,74,93)(H2,75,95)(H,77,96)(H,78,106)(H,79,94)(H,80,102)(H,81,105)(H,82,100)(H,83,103)(H,84,101)(H,85,98)(H,86,107)(H,87,104)(H,88,97)(H,89,99)/t36-,37-,38+,39+,45-,46-,47-,48-,49-,50-,51-,52-,53-,56+,57-/m0/s1. The molecule has 0 unspecified atom stereocenters. The molecule has 1 aromatic heterocycles. The van der Waals surface area contributed by atoms with Crippen LogP contribution in [0.25, 0.3) is 10.9 Å². The van der Waals surface area contributed by atoms with Crippen LogP contribution in [0.2, 0.25) is 0 Å². The number of para-hydroxylation sites is 1. The first kappa shape index (κ1) is 89.3. The minimum absolute atomic E-state index is 0.116. The van der Waals surface area contributed by atoms with E-state index in [-0.39, 0.29) is 58.0 Å². The molecule has 109 heavy (non-hydrogen) atoms. The van der Waals surface area contributed by atoms with Crippen molar-refractivity contribution >= 4 is 121 Å². The van der Waals surface area contributed by atoms with Gasteiger partial charge in [-0.3, -0.25) is 71.9 Å². The zero-order valence-corrected chi connectivity index (χ0v) is 62.4. The van der Waals surface area contributed by atoms with E-state index in [1.54, 1.807) is 91.1 Å². The molecule has 37 nitrogen and oxygen atoms in total. The number of H-pyrrole nitrogens is 1. The van der Waals surface area contributed by atoms with E-state index in [0.717, 1.165) is 42.4 Å². The largest absolute Gasteiger partial charge is 0.394 e. The van der Waals surface area contributed by atoms with Crippen LogP contribution in [0, 0.1) is 0 Å². The number of hydrogen-bond acceptors (Lipinski definition) is 23. The third kappa shape index (κ3) is 29.7. The van der Waals surface area contributed by atoms with Crippen molar-refractivity contribution in [2.24, 2.45) is 28.7 Å². The van der Waals surface area contributed by atoms with Gasteiger partial charge in [0.1, 0.15) is 72.5 Å². The van der Waals surface area contributed by atoms with E-state index in [1.807, 2.05) is 0 Å². The highest BCUT2D eigenvalue weighted by Crippen LogP contribution is 2.24. The number of aromatic amines is 1. The number of nitrogens with two attached hydrogens (primary N) is 5. The van der Waals surface area contributed by atoms with Gasteiger partial charge in [-0.1, -0.05) is 100 Å². The molecule has 0 radical (unpaired) electrons. The molecular weight excluding hydrogens is 1460 g/mol. The van der Waals surface area contributed by atoms with Crippen molar-refractivity contribution in [3.05, 3.63) is 108 Å². The van der Waals surface area contributed by atoms with Crippen molar-refractivity contribution in [2.45, 2.75) is 183 Å². The summed E-state index contributed by atoms with van der Waals surface area (Å²) >= 11 is 0. The van der Waals surface area contributed by atoms with Crippen LogP contribution in [-0.2, 0) is 91.2 Å². The fraction of sp³-hybridized carbons (Fsp3) is 0.500. The Bertz CT molecular complexity index is 3780. The van der Waals surface area contributed by atoms with Gasteiger partial charge in [0.2, 0.25) is 88.6 Å². The van der Waals surface area contributed by atoms with Crippen LogP contribution in [0.3, 0.4) is 0 Å². The molecule has 0 saturated carbocycles. The zero-order chi connectivity index (χ0) is 80.4. The van der Waals surface area contributed by atoms with E-state index in [9.17, 15) is 72.9 Å². The van der Waals surface area contributed by atoms with Gasteiger partial charge in [0.05, 0.1) is 37.8 Å². The summed E-state index contributed by atoms with van der Waals surface area (Å²) in [5, 5.41) is 64.8. The SMILES string of the molecule is C[C@H](N)C(=O)NCC(=O)N[C@H]1CSSC[C@@H](C(N)=O)NC(=O)[C@H](CO)NC(=O)[C@H]([C@@H](C)O)NC(=O)[C@H](C)NC(=O)[C@@H]([C@@H](C)O)NC(=O)[C@H](CCCCN)NC(=O)[C@H](Cc2c[nH]c3ccccc23)NC(=O)[C@H](Cc2ccccc2)NC(=O)[C@H](Cc2ccccc2)NC(=O)[C@H](CC(N)=O)NC(=O)[C@H](CCCCN)NC1=O. The van der Waals surface area contributed by atoms with Crippen LogP contribution in [0.1, 0.15) is 89.3 Å². The van der Waals surface area contributed by atoms with Gasteiger partial charge in [0.15, 0.2) is 0 Å². The first-order valence-corrected chi connectivity index (χ1v) is 37.8. The molecule has 0 bridgehead atoms. The molecule has 15 atom stereocenters. The van der Waals surface area contributed by atoms with E-state index in [1.165, 1.54) is 6.92 Å². The number of hydrogen-bond donors (Lipinski definition) is 22. The summed E-state index contributed by atoms with van der Waals surface area (Å²) in [5.41, 5.74) is 30.8. The monoisotopic (exact) mass is 1560 g/mol. The number of nitrogens with one attached hydrogen (secondary N) is 14. The minimum atomic E-state index is -1.92. The van der Waals surface area contributed by atoms with E-state index in [4.69, 9.17) is 28.7 Å². The fourth-order valence-corrected chi connectivity index (χ4v) is 13.4. The number of unbranched alkanes of at least 4 members (excludes halogenated alkanes) is 2. The summed E-state index contributed by atoms with van der Waals surface area (Å²) in [6, 6.07) is 2.25. The van der Waals surface area contributed by atoms with Crippen molar-refractivity contribution in [1.29, 1.82) is 0 Å². The van der Waals surface area contributed by atoms with Crippen LogP contribution in [0.4, 0.5) is 0 Å². The number of primary amides is 2. The van der Waals surface area contributed by atoms with Gasteiger partial charge in [-0.25, -0.2) is 0 Å². The number of carbonyl (C=O) groups excluding carboxylic acids is 15. The molecule has 39 heteroatoms. The van der Waals surface area contributed by atoms with E-state index >= 15 is 14.4 Å². The molecule has 5 rings (SSSR count). The molecule has 15 amide bonds. The average Bonchev–Trinajstić information content (AvgIpc) is 1.71. The summed E-state index contributed by atoms with van der Waals surface area (Å²) in [7, 11) is 1.63. The van der Waals surface area contributed by atoms with Crippen molar-refractivity contribution in [2.75, 3.05) is 37.7 Å². The topological polar surface area (TPSA) is 619 Å². The molecule has 3 aromatic carbocycles. The molecule has 27 N–H and O–H groups in total. The average molecular weight is 1560 g/mol. The highest BCUT2D eigenvalue weighted by Gasteiger charge is 2.39. The maximum atomic E-state index is 15.3. The first-order valence-electron chi connectivity index (χ1n) is 35.3. The van der Waals surface area contributed by atoms with Crippen molar-refractivity contribution in [3.63, 3.8) is 0 Å². The first-order chi connectivity index (χ1) is 51.8. The summed E-state index contributed by atoms with van der Waals surface area (Å²) in [4.78, 5) is 214. The highest BCUT2D eigenvalue weighted by molar-refractivity contribution is 8.76. The second-order valence-corrected chi connectivity index (χ2v) is 28.7. The van der Waals surface area contributed by atoms with Gasteiger partial charge in [-0.15, -0.1) is 0 Å². The summed E-state index contributed by atoms with van der Waals surface area (Å²) in [6.07, 6.45) is -2.89. The molecule has 596 valence electrons. The van der Waals surface area contributed by atoms with Gasteiger partial charge >= 0.3 is 0 Å². The third-order valence-corrected chi connectivity index (χ3v) is 19.6. The molecule has 1 aliphatic rings. The number of benzene rings is 3. The van der Waals surface area contributed by atoms with Crippen LogP contribution in [0.5, 0.6) is 0 Å². The number of aliphatic hydroxyl groups is 3. The van der Waals surface area contributed by atoms with Crippen LogP contribution < -0.4 is 97.8 Å². The maximum absolute atomic E-state index is 15.3. The van der Waals surface area contributed by atoms with Crippen molar-refractivity contribution in [1.82, 2.24) is 74.1 Å². The second kappa shape index (κ2) is 45.5. The Kier molecular flexibility index (Phi) is 37.3. The van der Waals surface area contributed by atoms with Gasteiger partial charge in [0, 0.05) is 47.9 Å². The van der Waals surface area contributed by atoms with Crippen LogP contribution in [0.15, 0.2) is 91.1 Å². The lowest BCUT2D eigenvalue weighted by molar-refractivity contribution is -0.138. The lowest BCUT2D eigenvalue weighted by atomic mass is 10.00. The number of fused-ring (bicyclic) bond motifs is 1. The Morgan fingerprint density at radius 2 is 0.936 bits per heavy atom. The summed E-state index contributed by atoms with van der Waals surface area (Å²) in [5.74, 6) is -16.7. The van der Waals surface area contributed by atoms with E-state index in [0.29, 0.717) is 40.4 Å². The Hall–Kier alpha value is -10.3. The van der Waals surface area contributed by atoms with Crippen LogP contribution in [-0.4, -0.2) is 237 Å². The van der Waals surface area contributed by atoms with Gasteiger partial charge in [-0.05, 0) is 102 Å². The van der Waals surface area contributed by atoms with Gasteiger partial charge in [-0.2, -0.15) is 0 Å². The quantitative estimate of drug-likeness (QED) is 0.0229. The lowest BCUT2D eigenvalue weighted by Crippen LogP contribution is -2.63. The van der Waals surface area contributed by atoms with Gasteiger partial charge < -0.3 is 118 Å².